The molecule has 1 amide bonds. The van der Waals surface area contributed by atoms with Crippen LogP contribution < -0.4 is 4.90 Å². The summed E-state index contributed by atoms with van der Waals surface area (Å²) in [5.41, 5.74) is 2.04. The quantitative estimate of drug-likeness (QED) is 0.416. The van der Waals surface area contributed by atoms with E-state index in [2.05, 4.69) is 4.90 Å². The molecule has 0 saturated carbocycles. The van der Waals surface area contributed by atoms with Crippen molar-refractivity contribution in [2.24, 2.45) is 0 Å². The molecule has 6 heteroatoms. The predicted molar refractivity (Wildman–Crippen MR) is 132 cm³/mol. The Morgan fingerprint density at radius 2 is 1.35 bits per heavy atom. The molecular weight excluding hydrogens is 451 g/mol. The average molecular weight is 476 g/mol. The van der Waals surface area contributed by atoms with Crippen molar-refractivity contribution in [3.63, 3.8) is 0 Å². The van der Waals surface area contributed by atoms with Gasteiger partial charge in [-0.2, -0.15) is 0 Å². The van der Waals surface area contributed by atoms with Crippen molar-refractivity contribution in [1.82, 2.24) is 4.90 Å². The van der Waals surface area contributed by atoms with Gasteiger partial charge in [0.05, 0.1) is 16.6 Å². The Labute approximate surface area is 199 Å². The largest absolute Gasteiger partial charge is 0.367 e. The Balaban J connectivity index is 0.000000330. The van der Waals surface area contributed by atoms with Crippen molar-refractivity contribution in [3.05, 3.63) is 99.5 Å². The topological polar surface area (TPSA) is 23.6 Å². The van der Waals surface area contributed by atoms with Gasteiger partial charge in [0.1, 0.15) is 0 Å². The molecule has 0 aromatic heterocycles. The Morgan fingerprint density at radius 3 is 1.87 bits per heavy atom. The maximum absolute atomic E-state index is 12.7. The normalized spacial score (nSPS) is 14.5. The molecule has 1 saturated heterocycles. The van der Waals surface area contributed by atoms with E-state index in [1.54, 1.807) is 6.07 Å². The molecule has 1 heterocycles. The van der Waals surface area contributed by atoms with E-state index in [9.17, 15) is 4.79 Å². The molecule has 0 radical (unpaired) electrons. The molecule has 3 nitrogen and oxygen atoms in total. The number of anilines is 1. The lowest BCUT2D eigenvalue weighted by Crippen LogP contribution is -2.49. The maximum Gasteiger partial charge on any atom is 0.229 e. The fraction of sp³-hybridized carbons (Fsp3) is 0.240. The van der Waals surface area contributed by atoms with Crippen molar-refractivity contribution in [2.75, 3.05) is 31.1 Å². The summed E-state index contributed by atoms with van der Waals surface area (Å²) in [6.07, 6.45) is 0. The molecule has 31 heavy (non-hydrogen) atoms. The number of hydrogen-bond acceptors (Lipinski definition) is 2. The Bertz CT molecular complexity index is 975. The second kappa shape index (κ2) is 11.4. The number of carbonyl (C=O) groups excluding carboxylic acids is 1. The van der Waals surface area contributed by atoms with Gasteiger partial charge in [0.15, 0.2) is 0 Å². The summed E-state index contributed by atoms with van der Waals surface area (Å²) in [6.45, 7) is 4.92. The molecule has 4 rings (SSSR count). The molecule has 162 valence electrons. The molecule has 1 fully saturated rings. The predicted octanol–water partition coefficient (Wildman–Crippen LogP) is 6.79. The first kappa shape index (κ1) is 23.5. The highest BCUT2D eigenvalue weighted by molar-refractivity contribution is 6.36. The van der Waals surface area contributed by atoms with E-state index < -0.39 is 0 Å². The van der Waals surface area contributed by atoms with Crippen LogP contribution in [0.3, 0.4) is 0 Å². The van der Waals surface area contributed by atoms with E-state index in [0.29, 0.717) is 23.1 Å². The number of carbonyl (C=O) groups is 1. The highest BCUT2D eigenvalue weighted by Gasteiger charge is 2.26. The molecule has 3 aromatic rings. The number of amides is 1. The monoisotopic (exact) mass is 474 g/mol. The highest BCUT2D eigenvalue weighted by Crippen LogP contribution is 2.30. The van der Waals surface area contributed by atoms with Crippen molar-refractivity contribution in [3.8, 4) is 0 Å². The van der Waals surface area contributed by atoms with E-state index in [1.165, 1.54) is 0 Å². The van der Waals surface area contributed by atoms with Gasteiger partial charge in [-0.05, 0) is 42.8 Å². The first-order chi connectivity index (χ1) is 15.0. The van der Waals surface area contributed by atoms with Gasteiger partial charge in [0, 0.05) is 36.2 Å². The Morgan fingerprint density at radius 1 is 0.774 bits per heavy atom. The Hall–Kier alpha value is -2.20. The number of hydrogen-bond donors (Lipinski definition) is 0. The van der Waals surface area contributed by atoms with Crippen molar-refractivity contribution in [1.29, 1.82) is 0 Å². The lowest BCUT2D eigenvalue weighted by atomic mass is 9.99. The number of rotatable bonds is 3. The van der Waals surface area contributed by atoms with Gasteiger partial charge < -0.3 is 9.80 Å². The van der Waals surface area contributed by atoms with Crippen LogP contribution >= 0.6 is 34.8 Å². The van der Waals surface area contributed by atoms with Crippen molar-refractivity contribution in [2.45, 2.75) is 12.8 Å². The standard InChI is InChI=1S/C19H20Cl2N2O.C6H5Cl/c1-14(15-5-3-2-4-6-15)19(24)23-11-9-22(10-12-23)18-8-7-16(20)13-17(18)21;7-6-4-2-1-3-5-6/h2-8,13-14H,9-12H2,1H3;1-5H/t14-;/m1./s1. The van der Waals surface area contributed by atoms with E-state index >= 15 is 0 Å². The van der Waals surface area contributed by atoms with E-state index in [4.69, 9.17) is 34.8 Å². The number of halogens is 3. The van der Waals surface area contributed by atoms with E-state index in [1.807, 2.05) is 84.6 Å². The van der Waals surface area contributed by atoms with Gasteiger partial charge in [-0.25, -0.2) is 0 Å². The molecule has 3 aromatic carbocycles. The zero-order valence-electron chi connectivity index (χ0n) is 17.3. The number of nitrogens with zero attached hydrogens (tertiary/aromatic N) is 2. The second-order valence-electron chi connectivity index (χ2n) is 7.34. The fourth-order valence-corrected chi connectivity index (χ4v) is 4.15. The molecule has 0 N–H and O–H groups in total. The zero-order valence-corrected chi connectivity index (χ0v) is 19.6. The van der Waals surface area contributed by atoms with Gasteiger partial charge in [-0.1, -0.05) is 83.3 Å². The summed E-state index contributed by atoms with van der Waals surface area (Å²) in [7, 11) is 0. The SMILES string of the molecule is C[C@@H](C(=O)N1CCN(c2ccc(Cl)cc2Cl)CC1)c1ccccc1.Clc1ccccc1. The Kier molecular flexibility index (Phi) is 8.65. The van der Waals surface area contributed by atoms with Crippen LogP contribution in [0.15, 0.2) is 78.9 Å². The van der Waals surface area contributed by atoms with Gasteiger partial charge in [0.2, 0.25) is 5.91 Å². The second-order valence-corrected chi connectivity index (χ2v) is 8.62. The smallest absolute Gasteiger partial charge is 0.229 e. The third-order valence-corrected chi connectivity index (χ3v) is 6.03. The van der Waals surface area contributed by atoms with Crippen LogP contribution in [0.25, 0.3) is 0 Å². The first-order valence-corrected chi connectivity index (χ1v) is 11.3. The third kappa shape index (κ3) is 6.64. The van der Waals surface area contributed by atoms with Crippen molar-refractivity contribution < 1.29 is 4.79 Å². The third-order valence-electron chi connectivity index (χ3n) is 5.24. The van der Waals surface area contributed by atoms with Crippen LogP contribution in [-0.2, 0) is 4.79 Å². The molecule has 0 aliphatic carbocycles. The molecule has 1 aliphatic heterocycles. The van der Waals surface area contributed by atoms with E-state index in [-0.39, 0.29) is 11.8 Å². The minimum absolute atomic E-state index is 0.114. The highest BCUT2D eigenvalue weighted by atomic mass is 35.5. The first-order valence-electron chi connectivity index (χ1n) is 10.2. The van der Waals surface area contributed by atoms with Gasteiger partial charge >= 0.3 is 0 Å². The number of piperazine rings is 1. The molecule has 1 atom stereocenters. The number of benzene rings is 3. The molecular formula is C25H25Cl3N2O. The molecule has 1 aliphatic rings. The minimum Gasteiger partial charge on any atom is -0.367 e. The average Bonchev–Trinajstić information content (AvgIpc) is 2.80. The zero-order chi connectivity index (χ0) is 22.2. The summed E-state index contributed by atoms with van der Waals surface area (Å²) >= 11 is 17.8. The van der Waals surface area contributed by atoms with Gasteiger partial charge in [0.25, 0.3) is 0 Å². The summed E-state index contributed by atoms with van der Waals surface area (Å²) in [6, 6.07) is 24.9. The fourth-order valence-electron chi connectivity index (χ4n) is 3.48. The lowest BCUT2D eigenvalue weighted by molar-refractivity contribution is -0.132. The van der Waals surface area contributed by atoms with E-state index in [0.717, 1.165) is 29.4 Å². The maximum atomic E-state index is 12.7. The van der Waals surface area contributed by atoms with Crippen LogP contribution in [0, 0.1) is 0 Å². The van der Waals surface area contributed by atoms with Crippen LogP contribution in [-0.4, -0.2) is 37.0 Å². The summed E-state index contributed by atoms with van der Waals surface area (Å²) in [4.78, 5) is 16.9. The van der Waals surface area contributed by atoms with Gasteiger partial charge in [-0.15, -0.1) is 0 Å². The summed E-state index contributed by atoms with van der Waals surface area (Å²) < 4.78 is 0. The van der Waals surface area contributed by atoms with Crippen LogP contribution in [0.4, 0.5) is 5.69 Å². The van der Waals surface area contributed by atoms with Crippen LogP contribution in [0.1, 0.15) is 18.4 Å². The molecule has 0 bridgehead atoms. The van der Waals surface area contributed by atoms with Crippen LogP contribution in [0.2, 0.25) is 15.1 Å². The lowest BCUT2D eigenvalue weighted by Gasteiger charge is -2.37. The summed E-state index contributed by atoms with van der Waals surface area (Å²) in [5, 5.41) is 2.08. The van der Waals surface area contributed by atoms with Crippen molar-refractivity contribution >= 4 is 46.4 Å². The van der Waals surface area contributed by atoms with Crippen LogP contribution in [0.5, 0.6) is 0 Å². The van der Waals surface area contributed by atoms with Gasteiger partial charge in [-0.3, -0.25) is 4.79 Å². The summed E-state index contributed by atoms with van der Waals surface area (Å²) in [5.74, 6) is 0.0694. The molecule has 0 unspecified atom stereocenters. The minimum atomic E-state index is -0.114. The molecule has 0 spiro atoms.